The van der Waals surface area contributed by atoms with Crippen molar-refractivity contribution in [1.29, 1.82) is 0 Å². The van der Waals surface area contributed by atoms with Crippen LogP contribution >= 0.6 is 0 Å². The summed E-state index contributed by atoms with van der Waals surface area (Å²) >= 11 is 0. The summed E-state index contributed by atoms with van der Waals surface area (Å²) in [7, 11) is 1.60. The van der Waals surface area contributed by atoms with Crippen LogP contribution in [-0.4, -0.2) is 23.0 Å². The van der Waals surface area contributed by atoms with Gasteiger partial charge < -0.3 is 10.5 Å². The van der Waals surface area contributed by atoms with E-state index in [0.717, 1.165) is 11.3 Å². The van der Waals surface area contributed by atoms with E-state index in [1.165, 1.54) is 0 Å². The minimum absolute atomic E-state index is 0.0718. The van der Waals surface area contributed by atoms with Crippen LogP contribution in [0.2, 0.25) is 0 Å². The van der Waals surface area contributed by atoms with Crippen molar-refractivity contribution < 1.29 is 9.53 Å². The molecule has 0 atom stereocenters. The molecule has 1 aliphatic rings. The molecule has 0 aliphatic carbocycles. The van der Waals surface area contributed by atoms with Crippen LogP contribution in [0.4, 0.5) is 5.82 Å². The Morgan fingerprint density at radius 1 is 1.35 bits per heavy atom. The van der Waals surface area contributed by atoms with E-state index in [9.17, 15) is 4.79 Å². The first-order valence-electron chi connectivity index (χ1n) is 6.22. The van der Waals surface area contributed by atoms with Crippen molar-refractivity contribution in [1.82, 2.24) is 9.97 Å². The van der Waals surface area contributed by atoms with Crippen LogP contribution in [0.15, 0.2) is 30.6 Å². The number of rotatable bonds is 3. The molecule has 1 aliphatic heterocycles. The molecule has 6 nitrogen and oxygen atoms in total. The fourth-order valence-electron chi connectivity index (χ4n) is 2.20. The second kappa shape index (κ2) is 4.90. The van der Waals surface area contributed by atoms with Gasteiger partial charge in [0.05, 0.1) is 31.7 Å². The number of ether oxygens (including phenoxy) is 1. The Morgan fingerprint density at radius 3 is 2.85 bits per heavy atom. The van der Waals surface area contributed by atoms with Crippen LogP contribution in [-0.2, 0) is 13.1 Å². The summed E-state index contributed by atoms with van der Waals surface area (Å²) in [5, 5.41) is 0. The molecule has 0 saturated heterocycles. The lowest BCUT2D eigenvalue weighted by atomic mass is 10.1. The van der Waals surface area contributed by atoms with Crippen LogP contribution in [0.3, 0.4) is 0 Å². The first-order chi connectivity index (χ1) is 9.72. The number of amides is 1. The molecule has 0 spiro atoms. The van der Waals surface area contributed by atoms with E-state index >= 15 is 0 Å². The van der Waals surface area contributed by atoms with E-state index in [0.29, 0.717) is 30.2 Å². The normalized spacial score (nSPS) is 13.5. The van der Waals surface area contributed by atoms with Gasteiger partial charge in [0.1, 0.15) is 5.75 Å². The van der Waals surface area contributed by atoms with Crippen molar-refractivity contribution in [3.8, 4) is 5.75 Å². The van der Waals surface area contributed by atoms with Crippen molar-refractivity contribution in [3.63, 3.8) is 0 Å². The average Bonchev–Trinajstić information content (AvgIpc) is 2.84. The molecule has 0 fully saturated rings. The third-order valence-electron chi connectivity index (χ3n) is 3.29. The number of hydrogen-bond acceptors (Lipinski definition) is 5. The molecule has 0 radical (unpaired) electrons. The Balaban J connectivity index is 1.92. The topological polar surface area (TPSA) is 81.3 Å². The molecule has 1 aromatic heterocycles. The largest absolute Gasteiger partial charge is 0.497 e. The molecule has 0 saturated carbocycles. The van der Waals surface area contributed by atoms with Gasteiger partial charge in [-0.25, -0.2) is 4.98 Å². The Bertz CT molecular complexity index is 655. The van der Waals surface area contributed by atoms with Gasteiger partial charge in [-0.2, -0.15) is 0 Å². The number of aromatic nitrogens is 2. The molecule has 20 heavy (non-hydrogen) atoms. The standard InChI is InChI=1S/C14H14N4O2/c1-20-11-2-3-12-9(4-11)8-18(14(12)19)13-7-16-10(5-15)6-17-13/h2-4,6-7H,5,8,15H2,1H3. The van der Waals surface area contributed by atoms with E-state index < -0.39 is 0 Å². The molecule has 1 aromatic carbocycles. The predicted molar refractivity (Wildman–Crippen MR) is 73.4 cm³/mol. The highest BCUT2D eigenvalue weighted by atomic mass is 16.5. The van der Waals surface area contributed by atoms with E-state index in [2.05, 4.69) is 9.97 Å². The average molecular weight is 270 g/mol. The van der Waals surface area contributed by atoms with Crippen molar-refractivity contribution in [2.24, 2.45) is 5.73 Å². The summed E-state index contributed by atoms with van der Waals surface area (Å²) in [6.07, 6.45) is 3.16. The zero-order chi connectivity index (χ0) is 14.1. The summed E-state index contributed by atoms with van der Waals surface area (Å²) in [4.78, 5) is 22.3. The Hall–Kier alpha value is -2.47. The van der Waals surface area contributed by atoms with Gasteiger partial charge in [0.25, 0.3) is 5.91 Å². The van der Waals surface area contributed by atoms with Crippen LogP contribution < -0.4 is 15.4 Å². The third kappa shape index (κ3) is 2.00. The summed E-state index contributed by atoms with van der Waals surface area (Å²) in [5.74, 6) is 1.20. The molecule has 102 valence electrons. The third-order valence-corrected chi connectivity index (χ3v) is 3.29. The molecule has 2 heterocycles. The zero-order valence-corrected chi connectivity index (χ0v) is 11.0. The van der Waals surface area contributed by atoms with E-state index in [1.54, 1.807) is 36.5 Å². The maximum atomic E-state index is 12.3. The molecule has 6 heteroatoms. The van der Waals surface area contributed by atoms with Crippen molar-refractivity contribution in [3.05, 3.63) is 47.4 Å². The molecular weight excluding hydrogens is 256 g/mol. The number of hydrogen-bond donors (Lipinski definition) is 1. The van der Waals surface area contributed by atoms with Crippen LogP contribution in [0.1, 0.15) is 21.6 Å². The molecule has 2 aromatic rings. The predicted octanol–water partition coefficient (Wildman–Crippen LogP) is 1.10. The first-order valence-corrected chi connectivity index (χ1v) is 6.22. The summed E-state index contributed by atoms with van der Waals surface area (Å²) in [6, 6.07) is 5.43. The molecule has 3 rings (SSSR count). The van der Waals surface area contributed by atoms with Gasteiger partial charge in [0, 0.05) is 12.1 Å². The number of methoxy groups -OCH3 is 1. The van der Waals surface area contributed by atoms with Gasteiger partial charge in [-0.15, -0.1) is 0 Å². The van der Waals surface area contributed by atoms with E-state index in [4.69, 9.17) is 10.5 Å². The lowest BCUT2D eigenvalue weighted by Crippen LogP contribution is -2.24. The summed E-state index contributed by atoms with van der Waals surface area (Å²) < 4.78 is 5.17. The summed E-state index contributed by atoms with van der Waals surface area (Å²) in [6.45, 7) is 0.806. The van der Waals surface area contributed by atoms with E-state index in [-0.39, 0.29) is 5.91 Å². The van der Waals surface area contributed by atoms with Crippen LogP contribution in [0.5, 0.6) is 5.75 Å². The highest BCUT2D eigenvalue weighted by Crippen LogP contribution is 2.29. The summed E-state index contributed by atoms with van der Waals surface area (Å²) in [5.41, 5.74) is 7.78. The number of nitrogens with two attached hydrogens (primary N) is 1. The van der Waals surface area contributed by atoms with Gasteiger partial charge in [0.2, 0.25) is 0 Å². The number of anilines is 1. The quantitative estimate of drug-likeness (QED) is 0.903. The van der Waals surface area contributed by atoms with Crippen LogP contribution in [0.25, 0.3) is 0 Å². The van der Waals surface area contributed by atoms with Crippen molar-refractivity contribution in [2.45, 2.75) is 13.1 Å². The number of carbonyl (C=O) groups excluding carboxylic acids is 1. The van der Waals surface area contributed by atoms with Gasteiger partial charge in [-0.3, -0.25) is 14.7 Å². The maximum absolute atomic E-state index is 12.3. The van der Waals surface area contributed by atoms with Crippen LogP contribution in [0, 0.1) is 0 Å². The molecule has 0 unspecified atom stereocenters. The second-order valence-electron chi connectivity index (χ2n) is 4.48. The zero-order valence-electron chi connectivity index (χ0n) is 11.0. The fraction of sp³-hybridized carbons (Fsp3) is 0.214. The van der Waals surface area contributed by atoms with Crippen molar-refractivity contribution in [2.75, 3.05) is 12.0 Å². The maximum Gasteiger partial charge on any atom is 0.260 e. The highest BCUT2D eigenvalue weighted by Gasteiger charge is 2.29. The monoisotopic (exact) mass is 270 g/mol. The molecule has 0 bridgehead atoms. The van der Waals surface area contributed by atoms with Gasteiger partial charge in [0.15, 0.2) is 5.82 Å². The highest BCUT2D eigenvalue weighted by molar-refractivity contribution is 6.09. The minimum atomic E-state index is -0.0718. The van der Waals surface area contributed by atoms with Gasteiger partial charge in [-0.05, 0) is 23.8 Å². The molecule has 1 amide bonds. The van der Waals surface area contributed by atoms with Crippen molar-refractivity contribution >= 4 is 11.7 Å². The number of carbonyl (C=O) groups is 1. The van der Waals surface area contributed by atoms with E-state index in [1.807, 2.05) is 6.07 Å². The Kier molecular flexibility index (Phi) is 3.08. The smallest absolute Gasteiger partial charge is 0.260 e. The SMILES string of the molecule is COc1ccc2c(c1)CN(c1cnc(CN)cn1)C2=O. The molecular formula is C14H14N4O2. The number of nitrogens with zero attached hydrogens (tertiary/aromatic N) is 3. The number of benzene rings is 1. The Morgan fingerprint density at radius 2 is 2.20 bits per heavy atom. The van der Waals surface area contributed by atoms with Gasteiger partial charge >= 0.3 is 0 Å². The fourth-order valence-corrected chi connectivity index (χ4v) is 2.20. The molecule has 2 N–H and O–H groups in total. The number of fused-ring (bicyclic) bond motifs is 1. The Labute approximate surface area is 116 Å². The second-order valence-corrected chi connectivity index (χ2v) is 4.48. The lowest BCUT2D eigenvalue weighted by molar-refractivity contribution is 0.0996. The first kappa shape index (κ1) is 12.6. The van der Waals surface area contributed by atoms with Gasteiger partial charge in [-0.1, -0.05) is 0 Å². The lowest BCUT2D eigenvalue weighted by Gasteiger charge is -2.13. The minimum Gasteiger partial charge on any atom is -0.497 e.